The molecule has 2 fully saturated rings. The largest absolute Gasteiger partial charge is 0.371 e. The monoisotopic (exact) mass is 358 g/mol. The first-order valence-electron chi connectivity index (χ1n) is 8.16. The molecule has 1 aromatic carbocycles. The zero-order valence-corrected chi connectivity index (χ0v) is 14.5. The van der Waals surface area contributed by atoms with E-state index in [1.54, 1.807) is 6.07 Å². The Morgan fingerprint density at radius 2 is 1.62 bits per heavy atom. The van der Waals surface area contributed by atoms with E-state index in [2.05, 4.69) is 4.90 Å². The lowest BCUT2D eigenvalue weighted by Gasteiger charge is -2.29. The number of benzene rings is 1. The molecule has 26 heavy (non-hydrogen) atoms. The summed E-state index contributed by atoms with van der Waals surface area (Å²) in [5, 5.41) is 11.1. The van der Waals surface area contributed by atoms with Crippen molar-refractivity contribution >= 4 is 35.3 Å². The summed E-state index contributed by atoms with van der Waals surface area (Å²) in [5.41, 5.74) is 0.807. The number of nitrogens with zero attached hydrogens (tertiary/aromatic N) is 4. The van der Waals surface area contributed by atoms with E-state index in [9.17, 15) is 24.5 Å². The van der Waals surface area contributed by atoms with Gasteiger partial charge in [0.15, 0.2) is 0 Å². The van der Waals surface area contributed by atoms with Gasteiger partial charge in [0.1, 0.15) is 5.57 Å². The van der Waals surface area contributed by atoms with Crippen LogP contribution < -0.4 is 4.90 Å². The predicted molar refractivity (Wildman–Crippen MR) is 93.5 cm³/mol. The summed E-state index contributed by atoms with van der Waals surface area (Å²) in [4.78, 5) is 51.0. The lowest BCUT2D eigenvalue weighted by Crippen LogP contribution is -2.52. The van der Waals surface area contributed by atoms with Gasteiger partial charge in [-0.05, 0) is 25.0 Å². The molecule has 2 saturated heterocycles. The van der Waals surface area contributed by atoms with Gasteiger partial charge in [-0.3, -0.25) is 29.5 Å². The van der Waals surface area contributed by atoms with Crippen LogP contribution in [0.1, 0.15) is 18.4 Å². The summed E-state index contributed by atoms with van der Waals surface area (Å²) in [6, 6.07) is 3.67. The highest BCUT2D eigenvalue weighted by Gasteiger charge is 2.38. The fourth-order valence-electron chi connectivity index (χ4n) is 3.15. The first kappa shape index (κ1) is 17.6. The Bertz CT molecular complexity index is 816. The standard InChI is InChI=1S/C17H18N4O5/c1-18-15(22)13(16(23)19(2)17(18)24)10-11-9-12(21(25)26)5-6-14(11)20-7-3-4-8-20/h5-6,9-10H,3-4,7-8H2,1-2H3. The smallest absolute Gasteiger partial charge is 0.333 e. The molecule has 2 aliphatic rings. The number of nitro benzene ring substituents is 1. The third kappa shape index (κ3) is 2.92. The van der Waals surface area contributed by atoms with Crippen LogP contribution in [0.3, 0.4) is 0 Å². The molecule has 136 valence electrons. The van der Waals surface area contributed by atoms with Crippen LogP contribution in [-0.4, -0.2) is 59.8 Å². The van der Waals surface area contributed by atoms with E-state index in [0.717, 1.165) is 41.4 Å². The molecule has 2 heterocycles. The number of urea groups is 1. The van der Waals surface area contributed by atoms with Crippen molar-refractivity contribution in [3.63, 3.8) is 0 Å². The predicted octanol–water partition coefficient (Wildman–Crippen LogP) is 1.63. The molecule has 1 aromatic rings. The minimum absolute atomic E-state index is 0.131. The van der Waals surface area contributed by atoms with E-state index in [-0.39, 0.29) is 11.3 Å². The van der Waals surface area contributed by atoms with Gasteiger partial charge in [-0.1, -0.05) is 0 Å². The maximum Gasteiger partial charge on any atom is 0.333 e. The number of rotatable bonds is 3. The highest BCUT2D eigenvalue weighted by Crippen LogP contribution is 2.31. The number of nitro groups is 1. The summed E-state index contributed by atoms with van der Waals surface area (Å²) in [7, 11) is 2.58. The number of carbonyl (C=O) groups is 3. The second kappa shape index (κ2) is 6.58. The second-order valence-electron chi connectivity index (χ2n) is 6.26. The zero-order chi connectivity index (χ0) is 19.0. The number of non-ortho nitro benzene ring substituents is 1. The summed E-state index contributed by atoms with van der Waals surface area (Å²) in [5.74, 6) is -1.45. The molecule has 9 nitrogen and oxygen atoms in total. The Balaban J connectivity index is 2.11. The first-order valence-corrected chi connectivity index (χ1v) is 8.16. The van der Waals surface area contributed by atoms with Crippen molar-refractivity contribution in [2.45, 2.75) is 12.8 Å². The zero-order valence-electron chi connectivity index (χ0n) is 14.5. The maximum absolute atomic E-state index is 12.4. The van der Waals surface area contributed by atoms with Crippen molar-refractivity contribution in [1.29, 1.82) is 0 Å². The number of carbonyl (C=O) groups excluding carboxylic acids is 3. The Labute approximate surface area is 149 Å². The lowest BCUT2D eigenvalue weighted by atomic mass is 10.0. The number of anilines is 1. The molecule has 0 aliphatic carbocycles. The topological polar surface area (TPSA) is 104 Å². The van der Waals surface area contributed by atoms with Gasteiger partial charge in [-0.15, -0.1) is 0 Å². The molecule has 0 aromatic heterocycles. The molecule has 0 bridgehead atoms. The van der Waals surface area contributed by atoms with Gasteiger partial charge in [-0.2, -0.15) is 0 Å². The highest BCUT2D eigenvalue weighted by atomic mass is 16.6. The van der Waals surface area contributed by atoms with Gasteiger partial charge in [0.05, 0.1) is 4.92 Å². The Morgan fingerprint density at radius 1 is 1.04 bits per heavy atom. The molecule has 0 unspecified atom stereocenters. The van der Waals surface area contributed by atoms with Gasteiger partial charge in [0.25, 0.3) is 17.5 Å². The van der Waals surface area contributed by atoms with E-state index in [4.69, 9.17) is 0 Å². The van der Waals surface area contributed by atoms with Crippen LogP contribution in [0.25, 0.3) is 6.08 Å². The fourth-order valence-corrected chi connectivity index (χ4v) is 3.15. The normalized spacial score (nSPS) is 18.0. The van der Waals surface area contributed by atoms with Crippen molar-refractivity contribution in [3.8, 4) is 0 Å². The van der Waals surface area contributed by atoms with Crippen LogP contribution in [0.5, 0.6) is 0 Å². The number of hydrogen-bond donors (Lipinski definition) is 0. The molecule has 2 aliphatic heterocycles. The van der Waals surface area contributed by atoms with Gasteiger partial charge in [-0.25, -0.2) is 4.79 Å². The number of likely N-dealkylation sites (N-methyl/N-ethyl adjacent to an activating group) is 2. The van der Waals surface area contributed by atoms with E-state index in [1.165, 1.54) is 32.3 Å². The van der Waals surface area contributed by atoms with Crippen LogP contribution in [0.2, 0.25) is 0 Å². The first-order chi connectivity index (χ1) is 12.3. The van der Waals surface area contributed by atoms with Crippen molar-refractivity contribution in [1.82, 2.24) is 9.80 Å². The van der Waals surface area contributed by atoms with Crippen LogP contribution in [-0.2, 0) is 9.59 Å². The van der Waals surface area contributed by atoms with E-state index in [0.29, 0.717) is 5.56 Å². The third-order valence-electron chi connectivity index (χ3n) is 4.61. The summed E-state index contributed by atoms with van der Waals surface area (Å²) < 4.78 is 0. The van der Waals surface area contributed by atoms with Gasteiger partial charge in [0, 0.05) is 50.6 Å². The minimum atomic E-state index is -0.725. The molecule has 0 radical (unpaired) electrons. The molecule has 3 rings (SSSR count). The van der Waals surface area contributed by atoms with E-state index < -0.39 is 22.8 Å². The highest BCUT2D eigenvalue weighted by molar-refractivity contribution is 6.30. The quantitative estimate of drug-likeness (QED) is 0.352. The summed E-state index contributed by atoms with van der Waals surface area (Å²) >= 11 is 0. The number of barbiturate groups is 1. The molecular weight excluding hydrogens is 340 g/mol. The van der Waals surface area contributed by atoms with Crippen molar-refractivity contribution < 1.29 is 19.3 Å². The SMILES string of the molecule is CN1C(=O)C(=Cc2cc([N+](=O)[O-])ccc2N2CCCC2)C(=O)N(C)C1=O. The molecule has 0 N–H and O–H groups in total. The van der Waals surface area contributed by atoms with Crippen molar-refractivity contribution in [3.05, 3.63) is 39.4 Å². The lowest BCUT2D eigenvalue weighted by molar-refractivity contribution is -0.384. The Kier molecular flexibility index (Phi) is 4.45. The molecular formula is C17H18N4O5. The van der Waals surface area contributed by atoms with Crippen molar-refractivity contribution in [2.24, 2.45) is 0 Å². The van der Waals surface area contributed by atoms with E-state index in [1.807, 2.05) is 0 Å². The molecule has 0 saturated carbocycles. The van der Waals surface area contributed by atoms with Crippen molar-refractivity contribution in [2.75, 3.05) is 32.1 Å². The van der Waals surface area contributed by atoms with Crippen LogP contribution in [0.15, 0.2) is 23.8 Å². The van der Waals surface area contributed by atoms with Crippen LogP contribution in [0, 0.1) is 10.1 Å². The average Bonchev–Trinajstić information content (AvgIpc) is 3.16. The van der Waals surface area contributed by atoms with Crippen LogP contribution in [0.4, 0.5) is 16.2 Å². The van der Waals surface area contributed by atoms with E-state index >= 15 is 0 Å². The van der Waals surface area contributed by atoms with Gasteiger partial charge < -0.3 is 4.90 Å². The van der Waals surface area contributed by atoms with Gasteiger partial charge in [0.2, 0.25) is 0 Å². The second-order valence-corrected chi connectivity index (χ2v) is 6.26. The number of imide groups is 2. The number of amides is 4. The molecule has 9 heteroatoms. The third-order valence-corrected chi connectivity index (χ3v) is 4.61. The van der Waals surface area contributed by atoms with Gasteiger partial charge >= 0.3 is 6.03 Å². The Hall–Kier alpha value is -3.23. The number of hydrogen-bond acceptors (Lipinski definition) is 6. The molecule has 0 atom stereocenters. The van der Waals surface area contributed by atoms with Crippen LogP contribution >= 0.6 is 0 Å². The Morgan fingerprint density at radius 3 is 2.15 bits per heavy atom. The minimum Gasteiger partial charge on any atom is -0.371 e. The fraction of sp³-hybridized carbons (Fsp3) is 0.353. The molecule has 4 amide bonds. The molecule has 0 spiro atoms. The average molecular weight is 358 g/mol. The summed E-state index contributed by atoms with van der Waals surface area (Å²) in [6.07, 6.45) is 3.35. The summed E-state index contributed by atoms with van der Waals surface area (Å²) in [6.45, 7) is 1.60. The maximum atomic E-state index is 12.4.